The molecule has 0 aromatic heterocycles. The largest absolute Gasteiger partial charge is 0.494 e. The molecule has 0 saturated carbocycles. The Morgan fingerprint density at radius 3 is 2.70 bits per heavy atom. The molecule has 2 rings (SSSR count). The molecule has 0 radical (unpaired) electrons. The summed E-state index contributed by atoms with van der Waals surface area (Å²) >= 11 is 3.31. The molecule has 0 fully saturated rings. The standard InChI is InChI=1S/C14H12BrFN2O2/c1-20-13-6-8(2-4-11(13)16)14(19)18-12-5-3-9(17)7-10(12)15/h2-7H,17H2,1H3,(H,18,19). The van der Waals surface area contributed by atoms with Crippen LogP contribution in [0.3, 0.4) is 0 Å². The number of carbonyl (C=O) groups is 1. The van der Waals surface area contributed by atoms with Crippen molar-refractivity contribution in [1.29, 1.82) is 0 Å². The van der Waals surface area contributed by atoms with Crippen LogP contribution in [0.5, 0.6) is 5.75 Å². The summed E-state index contributed by atoms with van der Waals surface area (Å²) in [4.78, 5) is 12.1. The molecule has 0 aliphatic carbocycles. The summed E-state index contributed by atoms with van der Waals surface area (Å²) in [5.74, 6) is -0.861. The molecule has 0 bridgehead atoms. The van der Waals surface area contributed by atoms with Crippen LogP contribution in [0.1, 0.15) is 10.4 Å². The maximum atomic E-state index is 13.3. The molecule has 6 heteroatoms. The number of amides is 1. The molecular weight excluding hydrogens is 327 g/mol. The lowest BCUT2D eigenvalue weighted by Gasteiger charge is -2.09. The Morgan fingerprint density at radius 2 is 2.05 bits per heavy atom. The third-order valence-electron chi connectivity index (χ3n) is 2.65. The van der Waals surface area contributed by atoms with E-state index >= 15 is 0 Å². The Balaban J connectivity index is 2.24. The van der Waals surface area contributed by atoms with Gasteiger partial charge in [-0.25, -0.2) is 4.39 Å². The number of methoxy groups -OCH3 is 1. The zero-order valence-electron chi connectivity index (χ0n) is 10.6. The molecule has 2 aromatic carbocycles. The minimum Gasteiger partial charge on any atom is -0.494 e. The average Bonchev–Trinajstić information content (AvgIpc) is 2.42. The Labute approximate surface area is 123 Å². The fourth-order valence-corrected chi connectivity index (χ4v) is 2.12. The number of hydrogen-bond acceptors (Lipinski definition) is 3. The number of halogens is 2. The van der Waals surface area contributed by atoms with Crippen LogP contribution >= 0.6 is 15.9 Å². The lowest BCUT2D eigenvalue weighted by atomic mass is 10.2. The predicted octanol–water partition coefficient (Wildman–Crippen LogP) is 3.43. The van der Waals surface area contributed by atoms with Gasteiger partial charge in [-0.15, -0.1) is 0 Å². The molecule has 2 aromatic rings. The van der Waals surface area contributed by atoms with Gasteiger partial charge in [0.05, 0.1) is 12.8 Å². The van der Waals surface area contributed by atoms with E-state index in [0.717, 1.165) is 0 Å². The summed E-state index contributed by atoms with van der Waals surface area (Å²) < 4.78 is 18.8. The van der Waals surface area contributed by atoms with Crippen LogP contribution in [0.15, 0.2) is 40.9 Å². The molecule has 0 spiro atoms. The molecular formula is C14H12BrFN2O2. The highest BCUT2D eigenvalue weighted by Gasteiger charge is 2.11. The molecule has 0 unspecified atom stereocenters. The molecule has 104 valence electrons. The second kappa shape index (κ2) is 5.92. The van der Waals surface area contributed by atoms with Crippen molar-refractivity contribution in [2.75, 3.05) is 18.2 Å². The molecule has 1 amide bonds. The fourth-order valence-electron chi connectivity index (χ4n) is 1.63. The molecule has 20 heavy (non-hydrogen) atoms. The van der Waals surface area contributed by atoms with Crippen molar-refractivity contribution in [3.8, 4) is 5.75 Å². The first-order valence-corrected chi connectivity index (χ1v) is 6.50. The van der Waals surface area contributed by atoms with E-state index in [2.05, 4.69) is 21.2 Å². The normalized spacial score (nSPS) is 10.2. The first-order valence-electron chi connectivity index (χ1n) is 5.71. The van der Waals surface area contributed by atoms with Crippen molar-refractivity contribution < 1.29 is 13.9 Å². The monoisotopic (exact) mass is 338 g/mol. The van der Waals surface area contributed by atoms with Crippen molar-refractivity contribution in [2.45, 2.75) is 0 Å². The number of nitrogen functional groups attached to an aromatic ring is 1. The smallest absolute Gasteiger partial charge is 0.255 e. The van der Waals surface area contributed by atoms with Gasteiger partial charge in [0, 0.05) is 15.7 Å². The van der Waals surface area contributed by atoms with Crippen molar-refractivity contribution >= 4 is 33.2 Å². The van der Waals surface area contributed by atoms with Crippen LogP contribution in [0.2, 0.25) is 0 Å². The second-order valence-corrected chi connectivity index (χ2v) is 4.90. The van der Waals surface area contributed by atoms with E-state index in [1.807, 2.05) is 0 Å². The van der Waals surface area contributed by atoms with E-state index in [9.17, 15) is 9.18 Å². The lowest BCUT2D eigenvalue weighted by Crippen LogP contribution is -2.12. The highest BCUT2D eigenvalue weighted by Crippen LogP contribution is 2.26. The summed E-state index contributed by atoms with van der Waals surface area (Å²) in [5, 5.41) is 2.71. The maximum Gasteiger partial charge on any atom is 0.255 e. The first kappa shape index (κ1) is 14.3. The van der Waals surface area contributed by atoms with Crippen molar-refractivity contribution in [3.63, 3.8) is 0 Å². The quantitative estimate of drug-likeness (QED) is 0.842. The highest BCUT2D eigenvalue weighted by atomic mass is 79.9. The summed E-state index contributed by atoms with van der Waals surface area (Å²) in [7, 11) is 1.34. The van der Waals surface area contributed by atoms with E-state index in [-0.39, 0.29) is 11.7 Å². The summed E-state index contributed by atoms with van der Waals surface area (Å²) in [6.45, 7) is 0. The van der Waals surface area contributed by atoms with Gasteiger partial charge in [0.15, 0.2) is 11.6 Å². The molecule has 4 nitrogen and oxygen atoms in total. The minimum atomic E-state index is -0.516. The zero-order valence-corrected chi connectivity index (χ0v) is 12.2. The van der Waals surface area contributed by atoms with E-state index in [4.69, 9.17) is 10.5 Å². The van der Waals surface area contributed by atoms with Crippen LogP contribution in [-0.4, -0.2) is 13.0 Å². The second-order valence-electron chi connectivity index (χ2n) is 4.04. The molecule has 0 aliphatic heterocycles. The molecule has 0 heterocycles. The number of hydrogen-bond donors (Lipinski definition) is 2. The molecule has 0 saturated heterocycles. The van der Waals surface area contributed by atoms with E-state index in [0.29, 0.717) is 21.4 Å². The topological polar surface area (TPSA) is 64.3 Å². The van der Waals surface area contributed by atoms with Gasteiger partial charge < -0.3 is 15.8 Å². The van der Waals surface area contributed by atoms with Crippen molar-refractivity contribution in [3.05, 3.63) is 52.3 Å². The van der Waals surface area contributed by atoms with Crippen molar-refractivity contribution in [2.24, 2.45) is 0 Å². The van der Waals surface area contributed by atoms with Crippen LogP contribution in [0.25, 0.3) is 0 Å². The molecule has 0 aliphatic rings. The van der Waals surface area contributed by atoms with Crippen LogP contribution in [0.4, 0.5) is 15.8 Å². The number of nitrogens with two attached hydrogens (primary N) is 1. The number of nitrogens with one attached hydrogen (secondary N) is 1. The van der Waals surface area contributed by atoms with Crippen LogP contribution in [0, 0.1) is 5.82 Å². The Kier molecular flexibility index (Phi) is 4.24. The maximum absolute atomic E-state index is 13.3. The number of anilines is 2. The highest BCUT2D eigenvalue weighted by molar-refractivity contribution is 9.10. The van der Waals surface area contributed by atoms with Gasteiger partial charge in [0.2, 0.25) is 0 Å². The molecule has 0 atom stereocenters. The van der Waals surface area contributed by atoms with Gasteiger partial charge in [-0.1, -0.05) is 0 Å². The van der Waals surface area contributed by atoms with Gasteiger partial charge in [0.25, 0.3) is 5.91 Å². The third-order valence-corrected chi connectivity index (χ3v) is 3.31. The zero-order chi connectivity index (χ0) is 14.7. The van der Waals surface area contributed by atoms with Gasteiger partial charge in [-0.2, -0.15) is 0 Å². The van der Waals surface area contributed by atoms with Gasteiger partial charge >= 0.3 is 0 Å². The van der Waals surface area contributed by atoms with Gasteiger partial charge in [-0.3, -0.25) is 4.79 Å². The van der Waals surface area contributed by atoms with Gasteiger partial charge in [-0.05, 0) is 52.3 Å². The van der Waals surface area contributed by atoms with E-state index < -0.39 is 5.82 Å². The third kappa shape index (κ3) is 3.08. The SMILES string of the molecule is COc1cc(C(=O)Nc2ccc(N)cc2Br)ccc1F. The van der Waals surface area contributed by atoms with Gasteiger partial charge in [0.1, 0.15) is 0 Å². The van der Waals surface area contributed by atoms with Crippen LogP contribution < -0.4 is 15.8 Å². The Morgan fingerprint density at radius 1 is 1.30 bits per heavy atom. The van der Waals surface area contributed by atoms with Crippen molar-refractivity contribution in [1.82, 2.24) is 0 Å². The number of carbonyl (C=O) groups excluding carboxylic acids is 1. The average molecular weight is 339 g/mol. The lowest BCUT2D eigenvalue weighted by molar-refractivity contribution is 0.102. The number of ether oxygens (including phenoxy) is 1. The van der Waals surface area contributed by atoms with E-state index in [1.165, 1.54) is 25.3 Å². The number of rotatable bonds is 3. The summed E-state index contributed by atoms with van der Waals surface area (Å²) in [6, 6.07) is 8.95. The van der Waals surface area contributed by atoms with Crippen LogP contribution in [-0.2, 0) is 0 Å². The predicted molar refractivity (Wildman–Crippen MR) is 79.5 cm³/mol. The molecule has 3 N–H and O–H groups in total. The first-order chi connectivity index (χ1) is 9.51. The fraction of sp³-hybridized carbons (Fsp3) is 0.0714. The Hall–Kier alpha value is -2.08. The summed E-state index contributed by atoms with van der Waals surface area (Å²) in [6.07, 6.45) is 0. The van der Waals surface area contributed by atoms with E-state index in [1.54, 1.807) is 18.2 Å². The summed E-state index contributed by atoms with van der Waals surface area (Å²) in [5.41, 5.74) is 7.08. The number of benzene rings is 2. The Bertz CT molecular complexity index is 662. The minimum absolute atomic E-state index is 0.0222.